The summed E-state index contributed by atoms with van der Waals surface area (Å²) in [6.07, 6.45) is 5.24. The molecule has 4 amide bonds. The third-order valence-corrected chi connectivity index (χ3v) is 4.30. The minimum absolute atomic E-state index is 0.176. The predicted octanol–water partition coefficient (Wildman–Crippen LogP) is 1.40. The number of carbonyl (C=O) groups excluding carboxylic acids is 3. The van der Waals surface area contributed by atoms with Gasteiger partial charge in [-0.25, -0.2) is 4.79 Å². The van der Waals surface area contributed by atoms with Gasteiger partial charge in [0.05, 0.1) is 0 Å². The second kappa shape index (κ2) is 6.45. The SMILES string of the molecule is CC(C)CCNC(=O)CN1C(=O)NC2(CCCCC2)C1=O. The van der Waals surface area contributed by atoms with E-state index in [2.05, 4.69) is 24.5 Å². The van der Waals surface area contributed by atoms with Crippen molar-refractivity contribution in [2.45, 2.75) is 57.9 Å². The molecule has 0 aromatic carbocycles. The average molecular weight is 295 g/mol. The lowest BCUT2D eigenvalue weighted by molar-refractivity contribution is -0.135. The van der Waals surface area contributed by atoms with Crippen LogP contribution >= 0.6 is 0 Å². The quantitative estimate of drug-likeness (QED) is 0.753. The molecule has 1 heterocycles. The van der Waals surface area contributed by atoms with E-state index in [1.54, 1.807) is 0 Å². The van der Waals surface area contributed by atoms with E-state index in [4.69, 9.17) is 0 Å². The first kappa shape index (κ1) is 15.8. The maximum Gasteiger partial charge on any atom is 0.325 e. The summed E-state index contributed by atoms with van der Waals surface area (Å²) in [5.41, 5.74) is -0.743. The zero-order valence-electron chi connectivity index (χ0n) is 12.9. The molecule has 1 saturated carbocycles. The van der Waals surface area contributed by atoms with E-state index in [0.29, 0.717) is 25.3 Å². The highest BCUT2D eigenvalue weighted by molar-refractivity contribution is 6.09. The Kier molecular flexibility index (Phi) is 4.85. The first-order valence-corrected chi connectivity index (χ1v) is 7.85. The van der Waals surface area contributed by atoms with Crippen molar-refractivity contribution in [1.82, 2.24) is 15.5 Å². The van der Waals surface area contributed by atoms with E-state index in [1.807, 2.05) is 0 Å². The molecule has 6 heteroatoms. The lowest BCUT2D eigenvalue weighted by atomic mass is 9.82. The van der Waals surface area contributed by atoms with E-state index in [0.717, 1.165) is 30.6 Å². The third kappa shape index (κ3) is 3.54. The fraction of sp³-hybridized carbons (Fsp3) is 0.800. The van der Waals surface area contributed by atoms with Crippen LogP contribution in [0.15, 0.2) is 0 Å². The molecule has 2 aliphatic rings. The Labute approximate surface area is 125 Å². The summed E-state index contributed by atoms with van der Waals surface area (Å²) < 4.78 is 0. The number of nitrogens with one attached hydrogen (secondary N) is 2. The van der Waals surface area contributed by atoms with Gasteiger partial charge in [0.1, 0.15) is 12.1 Å². The highest BCUT2D eigenvalue weighted by Gasteiger charge is 2.51. The second-order valence-corrected chi connectivity index (χ2v) is 6.50. The average Bonchev–Trinajstić information content (AvgIpc) is 2.64. The van der Waals surface area contributed by atoms with Crippen LogP contribution in [0.4, 0.5) is 4.79 Å². The standard InChI is InChI=1S/C15H25N3O3/c1-11(2)6-9-16-12(19)10-18-13(20)15(17-14(18)21)7-4-3-5-8-15/h11H,3-10H2,1-2H3,(H,16,19)(H,17,21). The van der Waals surface area contributed by atoms with Crippen LogP contribution in [0.1, 0.15) is 52.4 Å². The first-order valence-electron chi connectivity index (χ1n) is 7.85. The lowest BCUT2D eigenvalue weighted by Crippen LogP contribution is -2.49. The molecule has 0 aromatic heterocycles. The van der Waals surface area contributed by atoms with Crippen molar-refractivity contribution in [3.63, 3.8) is 0 Å². The fourth-order valence-electron chi connectivity index (χ4n) is 3.01. The van der Waals surface area contributed by atoms with Gasteiger partial charge in [-0.3, -0.25) is 14.5 Å². The summed E-state index contributed by atoms with van der Waals surface area (Å²) in [6.45, 7) is 4.56. The normalized spacial score (nSPS) is 21.0. The molecule has 0 atom stereocenters. The summed E-state index contributed by atoms with van der Waals surface area (Å²) in [5, 5.41) is 5.57. The van der Waals surface area contributed by atoms with Crippen LogP contribution in [0.3, 0.4) is 0 Å². The monoisotopic (exact) mass is 295 g/mol. The zero-order chi connectivity index (χ0) is 15.5. The summed E-state index contributed by atoms with van der Waals surface area (Å²) >= 11 is 0. The van der Waals surface area contributed by atoms with Crippen LogP contribution in [0.25, 0.3) is 0 Å². The van der Waals surface area contributed by atoms with Crippen LogP contribution < -0.4 is 10.6 Å². The molecule has 118 valence electrons. The largest absolute Gasteiger partial charge is 0.355 e. The van der Waals surface area contributed by atoms with Gasteiger partial charge in [0.15, 0.2) is 0 Å². The van der Waals surface area contributed by atoms with Crippen molar-refractivity contribution in [2.24, 2.45) is 5.92 Å². The van der Waals surface area contributed by atoms with Gasteiger partial charge in [0.25, 0.3) is 5.91 Å². The van der Waals surface area contributed by atoms with Crippen LogP contribution in [0.5, 0.6) is 0 Å². The molecule has 6 nitrogen and oxygen atoms in total. The van der Waals surface area contributed by atoms with Gasteiger partial charge < -0.3 is 10.6 Å². The molecule has 2 rings (SSSR count). The molecule has 0 aromatic rings. The van der Waals surface area contributed by atoms with E-state index in [9.17, 15) is 14.4 Å². The Morgan fingerprint density at radius 1 is 1.29 bits per heavy atom. The molecular weight excluding hydrogens is 270 g/mol. The van der Waals surface area contributed by atoms with Crippen molar-refractivity contribution in [3.05, 3.63) is 0 Å². The molecule has 0 bridgehead atoms. The Bertz CT molecular complexity index is 428. The van der Waals surface area contributed by atoms with Gasteiger partial charge in [-0.1, -0.05) is 33.1 Å². The van der Waals surface area contributed by atoms with Crippen LogP contribution in [-0.4, -0.2) is 41.4 Å². The molecule has 21 heavy (non-hydrogen) atoms. The predicted molar refractivity (Wildman–Crippen MR) is 78.5 cm³/mol. The van der Waals surface area contributed by atoms with Crippen molar-refractivity contribution in [1.29, 1.82) is 0 Å². The summed E-state index contributed by atoms with van der Waals surface area (Å²) in [7, 11) is 0. The molecule has 2 fully saturated rings. The number of rotatable bonds is 5. The van der Waals surface area contributed by atoms with Crippen LogP contribution in [0, 0.1) is 5.92 Å². The van der Waals surface area contributed by atoms with E-state index in [1.165, 1.54) is 0 Å². The van der Waals surface area contributed by atoms with E-state index >= 15 is 0 Å². The highest BCUT2D eigenvalue weighted by atomic mass is 16.2. The van der Waals surface area contributed by atoms with Gasteiger partial charge in [-0.15, -0.1) is 0 Å². The fourth-order valence-corrected chi connectivity index (χ4v) is 3.01. The molecule has 1 aliphatic heterocycles. The number of carbonyl (C=O) groups is 3. The van der Waals surface area contributed by atoms with Crippen molar-refractivity contribution in [2.75, 3.05) is 13.1 Å². The topological polar surface area (TPSA) is 78.5 Å². The number of amides is 4. The number of urea groups is 1. The number of imide groups is 1. The maximum absolute atomic E-state index is 12.5. The lowest BCUT2D eigenvalue weighted by Gasteiger charge is -2.30. The minimum Gasteiger partial charge on any atom is -0.355 e. The summed E-state index contributed by atoms with van der Waals surface area (Å²) in [5.74, 6) is 0.00532. The molecule has 1 spiro atoms. The van der Waals surface area contributed by atoms with Crippen LogP contribution in [-0.2, 0) is 9.59 Å². The number of hydrogen-bond acceptors (Lipinski definition) is 3. The van der Waals surface area contributed by atoms with Crippen LogP contribution in [0.2, 0.25) is 0 Å². The highest BCUT2D eigenvalue weighted by Crippen LogP contribution is 2.33. The van der Waals surface area contributed by atoms with Crippen molar-refractivity contribution in [3.8, 4) is 0 Å². The third-order valence-electron chi connectivity index (χ3n) is 4.30. The van der Waals surface area contributed by atoms with E-state index < -0.39 is 11.6 Å². The summed E-state index contributed by atoms with van der Waals surface area (Å²) in [6, 6.07) is -0.430. The number of nitrogens with zero attached hydrogens (tertiary/aromatic N) is 1. The zero-order valence-corrected chi connectivity index (χ0v) is 12.9. The van der Waals surface area contributed by atoms with Gasteiger partial charge in [0, 0.05) is 6.54 Å². The van der Waals surface area contributed by atoms with Gasteiger partial charge in [-0.05, 0) is 25.2 Å². The molecular formula is C15H25N3O3. The van der Waals surface area contributed by atoms with Crippen molar-refractivity contribution >= 4 is 17.8 Å². The van der Waals surface area contributed by atoms with Gasteiger partial charge in [0.2, 0.25) is 5.91 Å². The molecule has 0 unspecified atom stereocenters. The molecule has 0 radical (unpaired) electrons. The number of hydrogen-bond donors (Lipinski definition) is 2. The Balaban J connectivity index is 1.89. The molecule has 2 N–H and O–H groups in total. The minimum atomic E-state index is -0.743. The molecule has 1 aliphatic carbocycles. The smallest absolute Gasteiger partial charge is 0.325 e. The Hall–Kier alpha value is -1.59. The first-order chi connectivity index (χ1) is 9.94. The Morgan fingerprint density at radius 3 is 2.57 bits per heavy atom. The van der Waals surface area contributed by atoms with Gasteiger partial charge >= 0.3 is 6.03 Å². The maximum atomic E-state index is 12.5. The van der Waals surface area contributed by atoms with Gasteiger partial charge in [-0.2, -0.15) is 0 Å². The van der Waals surface area contributed by atoms with Crippen molar-refractivity contribution < 1.29 is 14.4 Å². The summed E-state index contributed by atoms with van der Waals surface area (Å²) in [4.78, 5) is 37.4. The van der Waals surface area contributed by atoms with E-state index in [-0.39, 0.29) is 18.4 Å². The molecule has 1 saturated heterocycles. The second-order valence-electron chi connectivity index (χ2n) is 6.50. The Morgan fingerprint density at radius 2 is 1.95 bits per heavy atom.